The van der Waals surface area contributed by atoms with E-state index in [2.05, 4.69) is 29.1 Å². The van der Waals surface area contributed by atoms with E-state index < -0.39 is 0 Å². The van der Waals surface area contributed by atoms with E-state index in [-0.39, 0.29) is 0 Å². The molecule has 3 nitrogen and oxygen atoms in total. The van der Waals surface area contributed by atoms with Crippen LogP contribution in [0.15, 0.2) is 0 Å². The number of unbranched alkanes of at least 4 members (excludes halogenated alkanes) is 1. The highest BCUT2D eigenvalue weighted by Crippen LogP contribution is 2.19. The first-order valence-corrected chi connectivity index (χ1v) is 6.63. The fourth-order valence-electron chi connectivity index (χ4n) is 1.65. The molecule has 0 aromatic carbocycles. The van der Waals surface area contributed by atoms with Crippen molar-refractivity contribution in [1.29, 1.82) is 0 Å². The molecule has 1 N–H and O–H groups in total. The van der Waals surface area contributed by atoms with E-state index in [4.69, 9.17) is 11.6 Å². The molecule has 0 saturated heterocycles. The molecular weight excluding hydrogens is 234 g/mol. The number of nitrogens with zero attached hydrogens (tertiary/aromatic N) is 2. The Kier molecular flexibility index (Phi) is 5.69. The zero-order chi connectivity index (χ0) is 12.8. The van der Waals surface area contributed by atoms with Gasteiger partial charge in [-0.3, -0.25) is 0 Å². The fraction of sp³-hybridized carbons (Fsp3) is 0.692. The van der Waals surface area contributed by atoms with Crippen molar-refractivity contribution in [2.24, 2.45) is 5.92 Å². The SMILES string of the molecule is Cc1nc(Cl)c(C)c(NCCCCC(C)C)n1. The highest BCUT2D eigenvalue weighted by molar-refractivity contribution is 6.30. The normalized spacial score (nSPS) is 10.9. The summed E-state index contributed by atoms with van der Waals surface area (Å²) < 4.78 is 0. The zero-order valence-electron chi connectivity index (χ0n) is 11.2. The molecule has 1 heterocycles. The molecule has 1 aromatic rings. The average Bonchev–Trinajstić information content (AvgIpc) is 2.23. The van der Waals surface area contributed by atoms with Gasteiger partial charge in [0.2, 0.25) is 0 Å². The van der Waals surface area contributed by atoms with Crippen LogP contribution in [0.25, 0.3) is 0 Å². The van der Waals surface area contributed by atoms with E-state index >= 15 is 0 Å². The van der Waals surface area contributed by atoms with Crippen molar-refractivity contribution < 1.29 is 0 Å². The fourth-order valence-corrected chi connectivity index (χ4v) is 1.86. The highest BCUT2D eigenvalue weighted by Gasteiger charge is 2.06. The van der Waals surface area contributed by atoms with Crippen LogP contribution < -0.4 is 5.32 Å². The summed E-state index contributed by atoms with van der Waals surface area (Å²) in [6.07, 6.45) is 3.70. The number of hydrogen-bond donors (Lipinski definition) is 1. The Bertz CT molecular complexity index is 364. The van der Waals surface area contributed by atoms with Gasteiger partial charge in [-0.05, 0) is 26.2 Å². The maximum absolute atomic E-state index is 6.01. The Labute approximate surface area is 109 Å². The summed E-state index contributed by atoms with van der Waals surface area (Å²) in [6.45, 7) is 9.25. The number of rotatable bonds is 6. The maximum atomic E-state index is 6.01. The van der Waals surface area contributed by atoms with Crippen LogP contribution >= 0.6 is 11.6 Å². The maximum Gasteiger partial charge on any atom is 0.137 e. The van der Waals surface area contributed by atoms with Gasteiger partial charge in [0.1, 0.15) is 16.8 Å². The van der Waals surface area contributed by atoms with Gasteiger partial charge in [0.05, 0.1) is 0 Å². The van der Waals surface area contributed by atoms with Crippen molar-refractivity contribution in [1.82, 2.24) is 9.97 Å². The van der Waals surface area contributed by atoms with Crippen molar-refractivity contribution in [2.45, 2.75) is 47.0 Å². The summed E-state index contributed by atoms with van der Waals surface area (Å²) in [5, 5.41) is 3.88. The van der Waals surface area contributed by atoms with Crippen LogP contribution in [0.4, 0.5) is 5.82 Å². The van der Waals surface area contributed by atoms with Crippen LogP contribution in [0.3, 0.4) is 0 Å². The van der Waals surface area contributed by atoms with Crippen LogP contribution in [-0.4, -0.2) is 16.5 Å². The average molecular weight is 256 g/mol. The van der Waals surface area contributed by atoms with Gasteiger partial charge in [-0.15, -0.1) is 0 Å². The Balaban J connectivity index is 2.41. The number of aromatic nitrogens is 2. The molecule has 0 aliphatic rings. The van der Waals surface area contributed by atoms with Gasteiger partial charge >= 0.3 is 0 Å². The standard InChI is InChI=1S/C13H22ClN3/c1-9(2)7-5-6-8-15-13-10(3)12(14)16-11(4)17-13/h9H,5-8H2,1-4H3,(H,15,16,17). The van der Waals surface area contributed by atoms with Gasteiger partial charge in [0, 0.05) is 12.1 Å². The number of nitrogens with one attached hydrogen (secondary N) is 1. The first kappa shape index (κ1) is 14.2. The predicted octanol–water partition coefficient (Wildman–Crippen LogP) is 3.99. The summed E-state index contributed by atoms with van der Waals surface area (Å²) in [5.74, 6) is 2.37. The second kappa shape index (κ2) is 6.80. The largest absolute Gasteiger partial charge is 0.370 e. The lowest BCUT2D eigenvalue weighted by Gasteiger charge is -2.10. The van der Waals surface area contributed by atoms with Gasteiger partial charge < -0.3 is 5.32 Å². The van der Waals surface area contributed by atoms with Crippen LogP contribution in [0.5, 0.6) is 0 Å². The number of hydrogen-bond acceptors (Lipinski definition) is 3. The molecule has 0 atom stereocenters. The van der Waals surface area contributed by atoms with E-state index in [1.54, 1.807) is 0 Å². The molecule has 0 bridgehead atoms. The molecule has 0 amide bonds. The Morgan fingerprint density at radius 3 is 2.53 bits per heavy atom. The molecule has 1 aromatic heterocycles. The zero-order valence-corrected chi connectivity index (χ0v) is 11.9. The number of anilines is 1. The van der Waals surface area contributed by atoms with Crippen LogP contribution in [0, 0.1) is 19.8 Å². The van der Waals surface area contributed by atoms with Crippen LogP contribution in [-0.2, 0) is 0 Å². The summed E-state index contributed by atoms with van der Waals surface area (Å²) in [5.41, 5.74) is 0.932. The quantitative estimate of drug-likeness (QED) is 0.617. The van der Waals surface area contributed by atoms with Crippen molar-refractivity contribution in [2.75, 3.05) is 11.9 Å². The van der Waals surface area contributed by atoms with Crippen molar-refractivity contribution in [3.63, 3.8) is 0 Å². The lowest BCUT2D eigenvalue weighted by atomic mass is 10.1. The Morgan fingerprint density at radius 1 is 1.18 bits per heavy atom. The molecule has 96 valence electrons. The second-order valence-electron chi connectivity index (χ2n) is 4.85. The number of aryl methyl sites for hydroxylation is 1. The molecule has 1 rings (SSSR count). The third kappa shape index (κ3) is 4.90. The van der Waals surface area contributed by atoms with Crippen LogP contribution in [0.1, 0.15) is 44.5 Å². The Hall–Kier alpha value is -0.830. The highest BCUT2D eigenvalue weighted by atomic mass is 35.5. The molecule has 0 spiro atoms. The van der Waals surface area contributed by atoms with Gasteiger partial charge in [-0.2, -0.15) is 0 Å². The topological polar surface area (TPSA) is 37.8 Å². The predicted molar refractivity (Wildman–Crippen MR) is 73.7 cm³/mol. The van der Waals surface area contributed by atoms with E-state index in [0.717, 1.165) is 30.3 Å². The molecule has 17 heavy (non-hydrogen) atoms. The first-order chi connectivity index (χ1) is 8.00. The van der Waals surface area contributed by atoms with E-state index in [1.165, 1.54) is 12.8 Å². The summed E-state index contributed by atoms with van der Waals surface area (Å²) in [4.78, 5) is 8.48. The molecule has 0 aliphatic heterocycles. The van der Waals surface area contributed by atoms with Gasteiger partial charge in [-0.25, -0.2) is 9.97 Å². The van der Waals surface area contributed by atoms with Crippen LogP contribution in [0.2, 0.25) is 5.15 Å². The summed E-state index contributed by atoms with van der Waals surface area (Å²) in [6, 6.07) is 0. The molecule has 0 radical (unpaired) electrons. The monoisotopic (exact) mass is 255 g/mol. The van der Waals surface area contributed by atoms with Crippen molar-refractivity contribution in [3.05, 3.63) is 16.5 Å². The molecule has 0 saturated carbocycles. The minimum atomic E-state index is 0.544. The van der Waals surface area contributed by atoms with Gasteiger partial charge in [-0.1, -0.05) is 38.3 Å². The third-order valence-corrected chi connectivity index (χ3v) is 3.07. The number of halogens is 1. The van der Waals surface area contributed by atoms with E-state index in [9.17, 15) is 0 Å². The molecule has 0 fully saturated rings. The van der Waals surface area contributed by atoms with Crippen molar-refractivity contribution >= 4 is 17.4 Å². The molecule has 0 unspecified atom stereocenters. The van der Waals surface area contributed by atoms with Gasteiger partial charge in [0.15, 0.2) is 0 Å². The van der Waals surface area contributed by atoms with E-state index in [1.807, 2.05) is 13.8 Å². The van der Waals surface area contributed by atoms with Gasteiger partial charge in [0.25, 0.3) is 0 Å². The van der Waals surface area contributed by atoms with E-state index in [0.29, 0.717) is 11.0 Å². The smallest absolute Gasteiger partial charge is 0.137 e. The lowest BCUT2D eigenvalue weighted by molar-refractivity contribution is 0.544. The summed E-state index contributed by atoms with van der Waals surface area (Å²) in [7, 11) is 0. The third-order valence-electron chi connectivity index (χ3n) is 2.70. The summed E-state index contributed by atoms with van der Waals surface area (Å²) >= 11 is 6.01. The molecular formula is C13H22ClN3. The molecule has 0 aliphatic carbocycles. The lowest BCUT2D eigenvalue weighted by Crippen LogP contribution is -2.07. The minimum absolute atomic E-state index is 0.544. The molecule has 4 heteroatoms. The Morgan fingerprint density at radius 2 is 1.88 bits per heavy atom. The first-order valence-electron chi connectivity index (χ1n) is 6.25. The minimum Gasteiger partial charge on any atom is -0.370 e. The van der Waals surface area contributed by atoms with Crippen molar-refractivity contribution in [3.8, 4) is 0 Å². The second-order valence-corrected chi connectivity index (χ2v) is 5.21.